The molecule has 0 amide bonds. The maximum atomic E-state index is 12.9. The van der Waals surface area contributed by atoms with E-state index in [1.807, 2.05) is 0 Å². The molecule has 0 aliphatic carbocycles. The predicted molar refractivity (Wildman–Crippen MR) is 54.1 cm³/mol. The quantitative estimate of drug-likeness (QED) is 0.819. The van der Waals surface area contributed by atoms with Gasteiger partial charge in [-0.1, -0.05) is 12.1 Å². The topological polar surface area (TPSA) is 63.6 Å². The summed E-state index contributed by atoms with van der Waals surface area (Å²) in [6, 6.07) is 5.14. The fraction of sp³-hybridized carbons (Fsp3) is 0.273. The Kier molecular flexibility index (Phi) is 3.77. The van der Waals surface area contributed by atoms with Crippen LogP contribution in [0.5, 0.6) is 0 Å². The second-order valence-electron chi connectivity index (χ2n) is 3.37. The lowest BCUT2D eigenvalue weighted by molar-refractivity contribution is -0.164. The van der Waals surface area contributed by atoms with Crippen molar-refractivity contribution in [1.82, 2.24) is 0 Å². The number of halogens is 2. The molecule has 92 valence electrons. The average molecular weight is 244 g/mol. The van der Waals surface area contributed by atoms with E-state index in [2.05, 4.69) is 4.74 Å². The molecule has 17 heavy (non-hydrogen) atoms. The summed E-state index contributed by atoms with van der Waals surface area (Å²) in [6.07, 6.45) is -0.913. The zero-order valence-electron chi connectivity index (χ0n) is 8.94. The number of hydrogen-bond donors (Lipinski definition) is 1. The lowest BCUT2D eigenvalue weighted by Crippen LogP contribution is -2.30. The van der Waals surface area contributed by atoms with Gasteiger partial charge in [-0.15, -0.1) is 0 Å². The fourth-order valence-corrected chi connectivity index (χ4v) is 1.21. The third-order valence-electron chi connectivity index (χ3n) is 2.11. The molecule has 0 saturated carbocycles. The van der Waals surface area contributed by atoms with Crippen LogP contribution in [0.4, 0.5) is 8.78 Å². The molecule has 1 rings (SSSR count). The SMILES string of the molecule is COC(=O)c1ccc(CC(F)(F)C(=O)O)cc1. The van der Waals surface area contributed by atoms with Crippen LogP contribution in [0.3, 0.4) is 0 Å². The van der Waals surface area contributed by atoms with E-state index in [0.29, 0.717) is 0 Å². The molecular weight excluding hydrogens is 234 g/mol. The number of hydrogen-bond acceptors (Lipinski definition) is 3. The van der Waals surface area contributed by atoms with Crippen molar-refractivity contribution in [3.05, 3.63) is 35.4 Å². The standard InChI is InChI=1S/C11H10F2O4/c1-17-9(14)8-4-2-7(3-5-8)6-11(12,13)10(15)16/h2-5H,6H2,1H3,(H,15,16). The Morgan fingerprint density at radius 2 is 1.82 bits per heavy atom. The predicted octanol–water partition coefficient (Wildman–Crippen LogP) is 1.74. The van der Waals surface area contributed by atoms with Crippen molar-refractivity contribution in [2.24, 2.45) is 0 Å². The number of benzene rings is 1. The Balaban J connectivity index is 2.82. The van der Waals surface area contributed by atoms with Crippen molar-refractivity contribution in [1.29, 1.82) is 0 Å². The number of carboxylic acid groups (broad SMARTS) is 1. The number of rotatable bonds is 4. The Morgan fingerprint density at radius 1 is 1.29 bits per heavy atom. The van der Waals surface area contributed by atoms with E-state index in [0.717, 1.165) is 0 Å². The summed E-state index contributed by atoms with van der Waals surface area (Å²) >= 11 is 0. The minimum atomic E-state index is -3.81. The first kappa shape index (κ1) is 13.1. The maximum Gasteiger partial charge on any atom is 0.374 e. The first-order valence-corrected chi connectivity index (χ1v) is 4.65. The smallest absolute Gasteiger partial charge is 0.374 e. The summed E-state index contributed by atoms with van der Waals surface area (Å²) in [6.45, 7) is 0. The van der Waals surface area contributed by atoms with Gasteiger partial charge >= 0.3 is 17.9 Å². The summed E-state index contributed by atoms with van der Waals surface area (Å²) in [5.41, 5.74) is 0.347. The highest BCUT2D eigenvalue weighted by Gasteiger charge is 2.38. The summed E-state index contributed by atoms with van der Waals surface area (Å²) in [7, 11) is 1.20. The Labute approximate surface area is 95.8 Å². The summed E-state index contributed by atoms with van der Waals surface area (Å²) in [5, 5.41) is 8.26. The molecule has 0 saturated heterocycles. The highest BCUT2D eigenvalue weighted by molar-refractivity contribution is 5.89. The van der Waals surface area contributed by atoms with Gasteiger partial charge in [0.25, 0.3) is 0 Å². The van der Waals surface area contributed by atoms with Crippen LogP contribution in [0.1, 0.15) is 15.9 Å². The number of alkyl halides is 2. The first-order valence-electron chi connectivity index (χ1n) is 4.65. The maximum absolute atomic E-state index is 12.9. The minimum Gasteiger partial charge on any atom is -0.477 e. The Bertz CT molecular complexity index is 426. The molecule has 0 aliphatic rings. The third-order valence-corrected chi connectivity index (χ3v) is 2.11. The Hall–Kier alpha value is -1.98. The van der Waals surface area contributed by atoms with E-state index in [4.69, 9.17) is 5.11 Å². The van der Waals surface area contributed by atoms with Crippen LogP contribution in [-0.2, 0) is 16.0 Å². The number of esters is 1. The molecule has 1 aromatic rings. The molecule has 0 aromatic heterocycles. The highest BCUT2D eigenvalue weighted by Crippen LogP contribution is 2.20. The van der Waals surface area contributed by atoms with E-state index in [9.17, 15) is 18.4 Å². The van der Waals surface area contributed by atoms with Crippen LogP contribution in [0.2, 0.25) is 0 Å². The summed E-state index contributed by atoms with van der Waals surface area (Å²) in [5.74, 6) is -6.57. The number of ether oxygens (including phenoxy) is 1. The molecular formula is C11H10F2O4. The van der Waals surface area contributed by atoms with Gasteiger partial charge in [0.2, 0.25) is 0 Å². The van der Waals surface area contributed by atoms with Crippen molar-refractivity contribution >= 4 is 11.9 Å². The zero-order chi connectivity index (χ0) is 13.1. The molecule has 0 atom stereocenters. The molecule has 6 heteroatoms. The molecule has 1 N–H and O–H groups in total. The van der Waals surface area contributed by atoms with Crippen LogP contribution < -0.4 is 0 Å². The van der Waals surface area contributed by atoms with E-state index >= 15 is 0 Å². The monoisotopic (exact) mass is 244 g/mol. The third kappa shape index (κ3) is 3.24. The molecule has 4 nitrogen and oxygen atoms in total. The van der Waals surface area contributed by atoms with Gasteiger partial charge in [0.15, 0.2) is 0 Å². The number of carbonyl (C=O) groups is 2. The van der Waals surface area contributed by atoms with Crippen molar-refractivity contribution in [3.8, 4) is 0 Å². The molecule has 0 spiro atoms. The van der Waals surface area contributed by atoms with E-state index < -0.39 is 24.3 Å². The van der Waals surface area contributed by atoms with Gasteiger partial charge in [-0.25, -0.2) is 9.59 Å². The molecule has 0 unspecified atom stereocenters. The van der Waals surface area contributed by atoms with Crippen LogP contribution in [0, 0.1) is 0 Å². The second kappa shape index (κ2) is 4.90. The highest BCUT2D eigenvalue weighted by atomic mass is 19.3. The van der Waals surface area contributed by atoms with Crippen molar-refractivity contribution < 1.29 is 28.2 Å². The average Bonchev–Trinajstić information content (AvgIpc) is 2.28. The lowest BCUT2D eigenvalue weighted by Gasteiger charge is -2.10. The van der Waals surface area contributed by atoms with Gasteiger partial charge in [0.1, 0.15) is 0 Å². The number of carbonyl (C=O) groups excluding carboxylic acids is 1. The van der Waals surface area contributed by atoms with Crippen molar-refractivity contribution in [2.45, 2.75) is 12.3 Å². The largest absolute Gasteiger partial charge is 0.477 e. The molecule has 0 heterocycles. The first-order chi connectivity index (χ1) is 7.86. The molecule has 0 radical (unpaired) electrons. The van der Waals surface area contributed by atoms with Crippen molar-refractivity contribution in [3.63, 3.8) is 0 Å². The van der Waals surface area contributed by atoms with Gasteiger partial charge in [0, 0.05) is 6.42 Å². The molecule has 1 aromatic carbocycles. The van der Waals surface area contributed by atoms with Gasteiger partial charge in [0.05, 0.1) is 12.7 Å². The number of aliphatic carboxylic acids is 1. The second-order valence-corrected chi connectivity index (χ2v) is 3.37. The van der Waals surface area contributed by atoms with Crippen LogP contribution in [0.15, 0.2) is 24.3 Å². The van der Waals surface area contributed by atoms with Gasteiger partial charge in [-0.3, -0.25) is 0 Å². The molecule has 0 bridgehead atoms. The number of methoxy groups -OCH3 is 1. The normalized spacial score (nSPS) is 11.0. The molecule has 0 aliphatic heterocycles. The zero-order valence-corrected chi connectivity index (χ0v) is 8.94. The van der Waals surface area contributed by atoms with Crippen LogP contribution >= 0.6 is 0 Å². The van der Waals surface area contributed by atoms with Gasteiger partial charge in [-0.05, 0) is 17.7 Å². The summed E-state index contributed by atoms with van der Waals surface area (Å²) in [4.78, 5) is 21.3. The van der Waals surface area contributed by atoms with Crippen molar-refractivity contribution in [2.75, 3.05) is 7.11 Å². The van der Waals surface area contributed by atoms with Crippen LogP contribution in [-0.4, -0.2) is 30.1 Å². The Morgan fingerprint density at radius 3 is 2.24 bits per heavy atom. The molecule has 0 fully saturated rings. The van der Waals surface area contributed by atoms with Gasteiger partial charge < -0.3 is 9.84 Å². The fourth-order valence-electron chi connectivity index (χ4n) is 1.21. The van der Waals surface area contributed by atoms with E-state index in [1.54, 1.807) is 0 Å². The minimum absolute atomic E-state index is 0.130. The van der Waals surface area contributed by atoms with E-state index in [1.165, 1.54) is 31.4 Å². The summed E-state index contributed by atoms with van der Waals surface area (Å²) < 4.78 is 30.2. The lowest BCUT2D eigenvalue weighted by atomic mass is 10.1. The van der Waals surface area contributed by atoms with E-state index in [-0.39, 0.29) is 11.1 Å². The van der Waals surface area contributed by atoms with Crippen LogP contribution in [0.25, 0.3) is 0 Å². The number of carboxylic acids is 1. The van der Waals surface area contributed by atoms with Gasteiger partial charge in [-0.2, -0.15) is 8.78 Å².